The van der Waals surface area contributed by atoms with Crippen LogP contribution in [-0.4, -0.2) is 4.57 Å². The van der Waals surface area contributed by atoms with Crippen molar-refractivity contribution in [3.63, 3.8) is 0 Å². The second kappa shape index (κ2) is 1.82. The van der Waals surface area contributed by atoms with Crippen LogP contribution in [0.4, 0.5) is 0 Å². The van der Waals surface area contributed by atoms with Crippen LogP contribution in [-0.2, 0) is 14.1 Å². The predicted molar refractivity (Wildman–Crippen MR) is 33.8 cm³/mol. The van der Waals surface area contributed by atoms with Crippen molar-refractivity contribution in [2.24, 2.45) is 14.1 Å². The van der Waals surface area contributed by atoms with E-state index >= 15 is 0 Å². The molecule has 0 N–H and O–H groups in total. The van der Waals surface area contributed by atoms with Gasteiger partial charge in [0.2, 0.25) is 0 Å². The third-order valence-electron chi connectivity index (χ3n) is 1.14. The van der Waals surface area contributed by atoms with Crippen molar-refractivity contribution in [1.29, 1.82) is 0 Å². The highest BCUT2D eigenvalue weighted by molar-refractivity contribution is 7.80. The van der Waals surface area contributed by atoms with Gasteiger partial charge in [0, 0.05) is 0 Å². The lowest BCUT2D eigenvalue weighted by molar-refractivity contribution is -0.709. The van der Waals surface area contributed by atoms with Gasteiger partial charge in [-0.2, -0.15) is 0 Å². The Hall–Kier alpha value is -0.440. The Kier molecular flexibility index (Phi) is 1.29. The van der Waals surface area contributed by atoms with Crippen LogP contribution >= 0.6 is 12.6 Å². The van der Waals surface area contributed by atoms with Crippen molar-refractivity contribution in [2.75, 3.05) is 0 Å². The molecule has 2 nitrogen and oxygen atoms in total. The number of aryl methyl sites for hydroxylation is 2. The molecule has 0 bridgehead atoms. The molecule has 0 saturated carbocycles. The molecule has 0 saturated heterocycles. The number of rotatable bonds is 0. The van der Waals surface area contributed by atoms with Gasteiger partial charge < -0.3 is 0 Å². The molecule has 1 rings (SSSR count). The van der Waals surface area contributed by atoms with E-state index in [0.717, 1.165) is 5.16 Å². The van der Waals surface area contributed by atoms with E-state index in [1.54, 1.807) is 0 Å². The third kappa shape index (κ3) is 0.733. The Balaban J connectivity index is 3.19. The highest BCUT2D eigenvalue weighted by Gasteiger charge is 2.02. The van der Waals surface area contributed by atoms with Crippen molar-refractivity contribution in [2.45, 2.75) is 5.16 Å². The second-order valence-corrected chi connectivity index (χ2v) is 2.22. The first-order valence-corrected chi connectivity index (χ1v) is 2.86. The van der Waals surface area contributed by atoms with E-state index < -0.39 is 0 Å². The zero-order valence-corrected chi connectivity index (χ0v) is 5.89. The standard InChI is InChI=1S/C5H8N2S/c1-6-3-4-7(2)5(6)8/h3-4H,1-2H3/p+1. The van der Waals surface area contributed by atoms with Crippen molar-refractivity contribution >= 4 is 12.6 Å². The molecule has 0 aliphatic heterocycles. The summed E-state index contributed by atoms with van der Waals surface area (Å²) >= 11 is 4.19. The summed E-state index contributed by atoms with van der Waals surface area (Å²) in [7, 11) is 3.92. The fourth-order valence-corrected chi connectivity index (χ4v) is 0.715. The van der Waals surface area contributed by atoms with Crippen molar-refractivity contribution in [3.05, 3.63) is 12.4 Å². The molecule has 0 aliphatic rings. The first-order valence-electron chi connectivity index (χ1n) is 2.41. The van der Waals surface area contributed by atoms with Gasteiger partial charge in [-0.1, -0.05) is 12.6 Å². The molecule has 44 valence electrons. The minimum Gasteiger partial charge on any atom is -0.228 e. The van der Waals surface area contributed by atoms with Gasteiger partial charge in [0.25, 0.3) is 0 Å². The van der Waals surface area contributed by atoms with Crippen molar-refractivity contribution in [1.82, 2.24) is 4.57 Å². The maximum Gasteiger partial charge on any atom is 0.314 e. The summed E-state index contributed by atoms with van der Waals surface area (Å²) in [6, 6.07) is 0. The minimum absolute atomic E-state index is 0.963. The van der Waals surface area contributed by atoms with Gasteiger partial charge in [-0.25, -0.2) is 9.13 Å². The minimum atomic E-state index is 0.963. The van der Waals surface area contributed by atoms with Crippen LogP contribution < -0.4 is 4.57 Å². The molecule has 0 amide bonds. The molecule has 8 heavy (non-hydrogen) atoms. The smallest absolute Gasteiger partial charge is 0.228 e. The molecule has 0 spiro atoms. The van der Waals surface area contributed by atoms with Crippen LogP contribution in [0.5, 0.6) is 0 Å². The molecule has 3 heteroatoms. The molecule has 1 heterocycles. The van der Waals surface area contributed by atoms with E-state index in [2.05, 4.69) is 12.6 Å². The largest absolute Gasteiger partial charge is 0.314 e. The van der Waals surface area contributed by atoms with E-state index in [4.69, 9.17) is 0 Å². The fourth-order valence-electron chi connectivity index (χ4n) is 0.582. The molecule has 0 unspecified atom stereocenters. The summed E-state index contributed by atoms with van der Waals surface area (Å²) in [5.41, 5.74) is 0. The predicted octanol–water partition coefficient (Wildman–Crippen LogP) is 0.138. The average Bonchev–Trinajstić information content (AvgIpc) is 1.98. The monoisotopic (exact) mass is 129 g/mol. The number of thiol groups is 1. The zero-order valence-electron chi connectivity index (χ0n) is 5.00. The van der Waals surface area contributed by atoms with Crippen LogP contribution in [0.25, 0.3) is 0 Å². The van der Waals surface area contributed by atoms with Crippen LogP contribution in [0, 0.1) is 0 Å². The van der Waals surface area contributed by atoms with Gasteiger partial charge in [-0.3, -0.25) is 0 Å². The lowest BCUT2D eigenvalue weighted by atomic mass is 10.9. The number of imidazole rings is 1. The highest BCUT2D eigenvalue weighted by atomic mass is 32.1. The Labute approximate surface area is 54.2 Å². The van der Waals surface area contributed by atoms with Gasteiger partial charge >= 0.3 is 5.16 Å². The molecule has 0 radical (unpaired) electrons. The SMILES string of the molecule is Cn1cc[n+](C)c1S. The van der Waals surface area contributed by atoms with Gasteiger partial charge in [-0.05, 0) is 0 Å². The molecule has 0 aliphatic carbocycles. The summed E-state index contributed by atoms with van der Waals surface area (Å²) in [6.07, 6.45) is 3.92. The van der Waals surface area contributed by atoms with E-state index in [1.807, 2.05) is 35.6 Å². The molecular formula is C5H9N2S+. The Morgan fingerprint density at radius 2 is 2.38 bits per heavy atom. The second-order valence-electron chi connectivity index (χ2n) is 1.82. The zero-order chi connectivity index (χ0) is 6.15. The molecule has 1 aromatic heterocycles. The van der Waals surface area contributed by atoms with Gasteiger partial charge in [-0.15, -0.1) is 0 Å². The van der Waals surface area contributed by atoms with Gasteiger partial charge in [0.05, 0.1) is 14.1 Å². The average molecular weight is 129 g/mol. The summed E-state index contributed by atoms with van der Waals surface area (Å²) in [6.45, 7) is 0. The first kappa shape index (κ1) is 5.69. The molecule has 0 aromatic carbocycles. The third-order valence-corrected chi connectivity index (χ3v) is 1.78. The Bertz CT molecular complexity index is 173. The summed E-state index contributed by atoms with van der Waals surface area (Å²) in [4.78, 5) is 0. The van der Waals surface area contributed by atoms with E-state index in [0.29, 0.717) is 0 Å². The topological polar surface area (TPSA) is 8.81 Å². The van der Waals surface area contributed by atoms with Crippen LogP contribution in [0.3, 0.4) is 0 Å². The number of aromatic nitrogens is 2. The lowest BCUT2D eigenvalue weighted by Gasteiger charge is -1.83. The first-order chi connectivity index (χ1) is 3.72. The fraction of sp³-hybridized carbons (Fsp3) is 0.400. The van der Waals surface area contributed by atoms with E-state index in [9.17, 15) is 0 Å². The number of nitrogens with zero attached hydrogens (tertiary/aromatic N) is 2. The summed E-state index contributed by atoms with van der Waals surface area (Å²) in [5.74, 6) is 0. The highest BCUT2D eigenvalue weighted by Crippen LogP contribution is 1.93. The normalized spacial score (nSPS) is 9.88. The van der Waals surface area contributed by atoms with Crippen LogP contribution in [0.2, 0.25) is 0 Å². The molecule has 1 aromatic rings. The van der Waals surface area contributed by atoms with Gasteiger partial charge in [0.15, 0.2) is 0 Å². The molecular weight excluding hydrogens is 120 g/mol. The summed E-state index contributed by atoms with van der Waals surface area (Å²) in [5, 5.41) is 0.963. The van der Waals surface area contributed by atoms with Gasteiger partial charge in [0.1, 0.15) is 12.4 Å². The lowest BCUT2D eigenvalue weighted by Crippen LogP contribution is -2.27. The number of hydrogen-bond donors (Lipinski definition) is 1. The maximum absolute atomic E-state index is 4.19. The van der Waals surface area contributed by atoms with Crippen LogP contribution in [0.15, 0.2) is 17.6 Å². The Morgan fingerprint density at radius 1 is 1.75 bits per heavy atom. The van der Waals surface area contributed by atoms with E-state index in [1.165, 1.54) is 0 Å². The summed E-state index contributed by atoms with van der Waals surface area (Å²) < 4.78 is 3.90. The Morgan fingerprint density at radius 3 is 2.50 bits per heavy atom. The molecule has 0 fully saturated rings. The maximum atomic E-state index is 4.19. The van der Waals surface area contributed by atoms with Crippen LogP contribution in [0.1, 0.15) is 0 Å². The molecule has 0 atom stereocenters. The quantitative estimate of drug-likeness (QED) is 0.377. The number of hydrogen-bond acceptors (Lipinski definition) is 1. The van der Waals surface area contributed by atoms with E-state index in [-0.39, 0.29) is 0 Å². The van der Waals surface area contributed by atoms with Crippen molar-refractivity contribution in [3.8, 4) is 0 Å². The van der Waals surface area contributed by atoms with Crippen molar-refractivity contribution < 1.29 is 4.57 Å².